The van der Waals surface area contributed by atoms with E-state index >= 15 is 0 Å². The minimum absolute atomic E-state index is 0.116. The fourth-order valence-corrected chi connectivity index (χ4v) is 2.16. The van der Waals surface area contributed by atoms with E-state index in [1.54, 1.807) is 28.7 Å². The van der Waals surface area contributed by atoms with E-state index in [2.05, 4.69) is 10.4 Å². The highest BCUT2D eigenvalue weighted by atomic mass is 32.2. The molecule has 1 aromatic carbocycles. The zero-order valence-electron chi connectivity index (χ0n) is 11.3. The van der Waals surface area contributed by atoms with Crippen molar-refractivity contribution in [2.75, 3.05) is 11.6 Å². The lowest BCUT2D eigenvalue weighted by Gasteiger charge is -2.11. The summed E-state index contributed by atoms with van der Waals surface area (Å²) in [7, 11) is 0. The maximum Gasteiger partial charge on any atom is 0.256 e. The number of nitrogens with zero attached hydrogens (tertiary/aromatic N) is 2. The van der Waals surface area contributed by atoms with Gasteiger partial charge in [0.05, 0.1) is 6.20 Å². The summed E-state index contributed by atoms with van der Waals surface area (Å²) in [5, 5.41) is 7.07. The number of benzene rings is 1. The maximum atomic E-state index is 12.1. The molecule has 0 bridgehead atoms. The highest BCUT2D eigenvalue weighted by Gasteiger charge is 2.10. The molecule has 0 radical (unpaired) electrons. The summed E-state index contributed by atoms with van der Waals surface area (Å²) < 4.78 is 1.79. The van der Waals surface area contributed by atoms with Crippen molar-refractivity contribution < 1.29 is 4.79 Å². The number of hydrogen-bond donors (Lipinski definition) is 1. The first-order valence-electron chi connectivity index (χ1n) is 6.10. The fourth-order valence-electron chi connectivity index (χ4n) is 1.76. The standard InChI is InChI=1S/C14H17N3OS/c1-10(2)17-13(8-9-15-17)16-14(18)11-4-6-12(19-3)7-5-11/h4-10H,1-3H3,(H,16,18). The van der Waals surface area contributed by atoms with Crippen LogP contribution in [-0.2, 0) is 0 Å². The van der Waals surface area contributed by atoms with Crippen LogP contribution in [0, 0.1) is 0 Å². The van der Waals surface area contributed by atoms with Crippen molar-refractivity contribution >= 4 is 23.5 Å². The van der Waals surface area contributed by atoms with Crippen LogP contribution in [0.1, 0.15) is 30.2 Å². The van der Waals surface area contributed by atoms with Crippen LogP contribution in [0.15, 0.2) is 41.4 Å². The monoisotopic (exact) mass is 275 g/mol. The molecule has 1 aromatic heterocycles. The van der Waals surface area contributed by atoms with Crippen molar-refractivity contribution in [1.29, 1.82) is 0 Å². The van der Waals surface area contributed by atoms with E-state index in [4.69, 9.17) is 0 Å². The van der Waals surface area contributed by atoms with Crippen LogP contribution < -0.4 is 5.32 Å². The highest BCUT2D eigenvalue weighted by molar-refractivity contribution is 7.98. The fraction of sp³-hybridized carbons (Fsp3) is 0.286. The van der Waals surface area contributed by atoms with Crippen LogP contribution >= 0.6 is 11.8 Å². The smallest absolute Gasteiger partial charge is 0.256 e. The van der Waals surface area contributed by atoms with Gasteiger partial charge in [0, 0.05) is 22.6 Å². The van der Waals surface area contributed by atoms with Gasteiger partial charge in [0.2, 0.25) is 0 Å². The summed E-state index contributed by atoms with van der Waals surface area (Å²) in [6.45, 7) is 4.05. The molecule has 0 aliphatic rings. The molecular formula is C14H17N3OS. The molecular weight excluding hydrogens is 258 g/mol. The first-order chi connectivity index (χ1) is 9.11. The number of rotatable bonds is 4. The van der Waals surface area contributed by atoms with Gasteiger partial charge < -0.3 is 5.32 Å². The van der Waals surface area contributed by atoms with Crippen LogP contribution in [0.3, 0.4) is 0 Å². The number of thioether (sulfide) groups is 1. The van der Waals surface area contributed by atoms with Crippen molar-refractivity contribution in [2.24, 2.45) is 0 Å². The third-order valence-corrected chi connectivity index (χ3v) is 3.50. The Morgan fingerprint density at radius 2 is 1.95 bits per heavy atom. The molecule has 0 saturated heterocycles. The van der Waals surface area contributed by atoms with Gasteiger partial charge >= 0.3 is 0 Å². The summed E-state index contributed by atoms with van der Waals surface area (Å²) in [5.74, 6) is 0.601. The minimum Gasteiger partial charge on any atom is -0.307 e. The Kier molecular flexibility index (Phi) is 4.27. The number of amides is 1. The van der Waals surface area contributed by atoms with Crippen molar-refractivity contribution in [2.45, 2.75) is 24.8 Å². The summed E-state index contributed by atoms with van der Waals surface area (Å²) in [6.07, 6.45) is 3.70. The molecule has 4 nitrogen and oxygen atoms in total. The van der Waals surface area contributed by atoms with Crippen molar-refractivity contribution in [3.63, 3.8) is 0 Å². The number of anilines is 1. The summed E-state index contributed by atoms with van der Waals surface area (Å²) in [5.41, 5.74) is 0.648. The Labute approximate surface area is 117 Å². The molecule has 5 heteroatoms. The molecule has 2 aromatic rings. The quantitative estimate of drug-likeness (QED) is 0.869. The van der Waals surface area contributed by atoms with E-state index in [9.17, 15) is 4.79 Å². The predicted octanol–water partition coefficient (Wildman–Crippen LogP) is 3.44. The van der Waals surface area contributed by atoms with Gasteiger partial charge in [-0.05, 0) is 44.4 Å². The lowest BCUT2D eigenvalue weighted by atomic mass is 10.2. The molecule has 1 heterocycles. The SMILES string of the molecule is CSc1ccc(C(=O)Nc2ccnn2C(C)C)cc1. The normalized spacial score (nSPS) is 10.7. The second-order valence-electron chi connectivity index (χ2n) is 4.44. The molecule has 0 aliphatic carbocycles. The van der Waals surface area contributed by atoms with Gasteiger partial charge in [0.15, 0.2) is 0 Å². The van der Waals surface area contributed by atoms with Gasteiger partial charge in [-0.3, -0.25) is 4.79 Å². The van der Waals surface area contributed by atoms with E-state index in [1.165, 1.54) is 0 Å². The summed E-state index contributed by atoms with van der Waals surface area (Å²) >= 11 is 1.66. The predicted molar refractivity (Wildman–Crippen MR) is 78.8 cm³/mol. The van der Waals surface area contributed by atoms with Crippen LogP contribution in [0.2, 0.25) is 0 Å². The Bertz CT molecular complexity index is 560. The number of nitrogens with one attached hydrogen (secondary N) is 1. The average molecular weight is 275 g/mol. The van der Waals surface area contributed by atoms with E-state index in [1.807, 2.05) is 44.4 Å². The largest absolute Gasteiger partial charge is 0.307 e. The molecule has 0 saturated carbocycles. The number of carbonyl (C=O) groups is 1. The Balaban J connectivity index is 2.13. The van der Waals surface area contributed by atoms with E-state index in [0.29, 0.717) is 11.4 Å². The zero-order chi connectivity index (χ0) is 13.8. The molecule has 0 fully saturated rings. The van der Waals surface area contributed by atoms with Gasteiger partial charge in [-0.25, -0.2) is 4.68 Å². The Morgan fingerprint density at radius 1 is 1.26 bits per heavy atom. The number of aromatic nitrogens is 2. The van der Waals surface area contributed by atoms with Crippen molar-refractivity contribution in [3.05, 3.63) is 42.1 Å². The van der Waals surface area contributed by atoms with Gasteiger partial charge in [-0.2, -0.15) is 5.10 Å². The van der Waals surface area contributed by atoms with E-state index < -0.39 is 0 Å². The van der Waals surface area contributed by atoms with Gasteiger partial charge in [-0.1, -0.05) is 0 Å². The molecule has 100 valence electrons. The first kappa shape index (κ1) is 13.7. The molecule has 1 N–H and O–H groups in total. The Hall–Kier alpha value is -1.75. The molecule has 19 heavy (non-hydrogen) atoms. The summed E-state index contributed by atoms with van der Waals surface area (Å²) in [6, 6.07) is 9.56. The van der Waals surface area contributed by atoms with Gasteiger partial charge in [0.25, 0.3) is 5.91 Å². The highest BCUT2D eigenvalue weighted by Crippen LogP contribution is 2.17. The maximum absolute atomic E-state index is 12.1. The topological polar surface area (TPSA) is 46.9 Å². The zero-order valence-corrected chi connectivity index (χ0v) is 12.1. The van der Waals surface area contributed by atoms with Crippen LogP contribution in [0.25, 0.3) is 0 Å². The van der Waals surface area contributed by atoms with Crippen molar-refractivity contribution in [3.8, 4) is 0 Å². The lowest BCUT2D eigenvalue weighted by molar-refractivity contribution is 0.102. The van der Waals surface area contributed by atoms with Crippen LogP contribution in [0.4, 0.5) is 5.82 Å². The lowest BCUT2D eigenvalue weighted by Crippen LogP contribution is -2.16. The van der Waals surface area contributed by atoms with Gasteiger partial charge in [-0.15, -0.1) is 11.8 Å². The number of carbonyl (C=O) groups excluding carboxylic acids is 1. The first-order valence-corrected chi connectivity index (χ1v) is 7.33. The second kappa shape index (κ2) is 5.93. The average Bonchev–Trinajstić information content (AvgIpc) is 2.87. The van der Waals surface area contributed by atoms with E-state index in [0.717, 1.165) is 4.90 Å². The van der Waals surface area contributed by atoms with Crippen LogP contribution in [0.5, 0.6) is 0 Å². The van der Waals surface area contributed by atoms with E-state index in [-0.39, 0.29) is 11.9 Å². The van der Waals surface area contributed by atoms with Crippen molar-refractivity contribution in [1.82, 2.24) is 9.78 Å². The second-order valence-corrected chi connectivity index (χ2v) is 5.32. The van der Waals surface area contributed by atoms with Gasteiger partial charge in [0.1, 0.15) is 5.82 Å². The number of hydrogen-bond acceptors (Lipinski definition) is 3. The molecule has 0 aliphatic heterocycles. The summed E-state index contributed by atoms with van der Waals surface area (Å²) in [4.78, 5) is 13.3. The van der Waals surface area contributed by atoms with Crippen LogP contribution in [-0.4, -0.2) is 21.9 Å². The Morgan fingerprint density at radius 3 is 2.53 bits per heavy atom. The third-order valence-electron chi connectivity index (χ3n) is 2.75. The minimum atomic E-state index is -0.116. The molecule has 0 atom stereocenters. The molecule has 1 amide bonds. The molecule has 0 unspecified atom stereocenters. The molecule has 2 rings (SSSR count). The molecule has 0 spiro atoms. The third kappa shape index (κ3) is 3.17.